The Morgan fingerprint density at radius 2 is 1.86 bits per heavy atom. The average Bonchev–Trinajstić information content (AvgIpc) is 2.46. The zero-order chi connectivity index (χ0) is 15.4. The second-order valence-corrected chi connectivity index (χ2v) is 4.77. The number of amides is 1. The fourth-order valence-corrected chi connectivity index (χ4v) is 2.08. The maximum atomic E-state index is 12.4. The van der Waals surface area contributed by atoms with Crippen LogP contribution in [0.1, 0.15) is 34.2 Å². The van der Waals surface area contributed by atoms with Crippen LogP contribution in [-0.2, 0) is 0 Å². The number of hydrogen-bond donors (Lipinski definition) is 2. The summed E-state index contributed by atoms with van der Waals surface area (Å²) < 4.78 is 0. The summed E-state index contributed by atoms with van der Waals surface area (Å²) in [5.41, 5.74) is 3.77. The van der Waals surface area contributed by atoms with Crippen molar-refractivity contribution in [3.8, 4) is 0 Å². The number of carbonyl (C=O) groups excluding carboxylic acids is 1. The fourth-order valence-electron chi connectivity index (χ4n) is 2.08. The van der Waals surface area contributed by atoms with Crippen LogP contribution in [0.25, 0.3) is 0 Å². The molecule has 5 heteroatoms. The average molecular weight is 283 g/mol. The maximum Gasteiger partial charge on any atom is 0.257 e. The standard InChI is InChI=1S/C16H17N3O2/c1-10-8-9-14(11(2)17-10)16(20)18-15-7-5-4-6-13(15)12(3)19-21/h4-9,21H,1-3H3,(H,18,20). The van der Waals surface area contributed by atoms with Gasteiger partial charge in [-0.2, -0.15) is 0 Å². The van der Waals surface area contributed by atoms with Crippen LogP contribution in [-0.4, -0.2) is 21.8 Å². The first-order chi connectivity index (χ1) is 10.0. The molecule has 0 saturated carbocycles. The van der Waals surface area contributed by atoms with Gasteiger partial charge in [0.15, 0.2) is 0 Å². The monoisotopic (exact) mass is 283 g/mol. The molecule has 2 N–H and O–H groups in total. The SMILES string of the molecule is CC(=NO)c1ccccc1NC(=O)c1ccc(C)nc1C. The summed E-state index contributed by atoms with van der Waals surface area (Å²) in [5, 5.41) is 14.9. The van der Waals surface area contributed by atoms with E-state index in [1.807, 2.05) is 19.1 Å². The molecule has 0 aliphatic rings. The van der Waals surface area contributed by atoms with E-state index in [0.717, 1.165) is 5.69 Å². The Balaban J connectivity index is 2.32. The van der Waals surface area contributed by atoms with Crippen LogP contribution in [0, 0.1) is 13.8 Å². The van der Waals surface area contributed by atoms with Gasteiger partial charge in [0.2, 0.25) is 0 Å². The summed E-state index contributed by atoms with van der Waals surface area (Å²) in [7, 11) is 0. The lowest BCUT2D eigenvalue weighted by Gasteiger charge is -2.11. The molecule has 1 aromatic carbocycles. The number of benzene rings is 1. The van der Waals surface area contributed by atoms with Gasteiger partial charge < -0.3 is 10.5 Å². The van der Waals surface area contributed by atoms with E-state index in [9.17, 15) is 4.79 Å². The van der Waals surface area contributed by atoms with Crippen molar-refractivity contribution in [2.45, 2.75) is 20.8 Å². The number of nitrogens with one attached hydrogen (secondary N) is 1. The van der Waals surface area contributed by atoms with Crippen molar-refractivity contribution >= 4 is 17.3 Å². The van der Waals surface area contributed by atoms with Crippen molar-refractivity contribution in [3.63, 3.8) is 0 Å². The Kier molecular flexibility index (Phi) is 4.33. The highest BCUT2D eigenvalue weighted by Crippen LogP contribution is 2.18. The number of para-hydroxylation sites is 1. The summed E-state index contributed by atoms with van der Waals surface area (Å²) in [4.78, 5) is 16.6. The molecule has 5 nitrogen and oxygen atoms in total. The molecule has 0 spiro atoms. The summed E-state index contributed by atoms with van der Waals surface area (Å²) >= 11 is 0. The van der Waals surface area contributed by atoms with Crippen LogP contribution < -0.4 is 5.32 Å². The van der Waals surface area contributed by atoms with Crippen LogP contribution >= 0.6 is 0 Å². The minimum Gasteiger partial charge on any atom is -0.411 e. The second-order valence-electron chi connectivity index (χ2n) is 4.77. The Morgan fingerprint density at radius 1 is 1.14 bits per heavy atom. The molecule has 21 heavy (non-hydrogen) atoms. The quantitative estimate of drug-likeness (QED) is 0.516. The van der Waals surface area contributed by atoms with E-state index in [1.165, 1.54) is 0 Å². The van der Waals surface area contributed by atoms with E-state index in [4.69, 9.17) is 5.21 Å². The molecule has 0 aliphatic heterocycles. The molecule has 0 atom stereocenters. The molecule has 2 rings (SSSR count). The van der Waals surface area contributed by atoms with Gasteiger partial charge in [-0.25, -0.2) is 0 Å². The molecule has 1 heterocycles. The Bertz CT molecular complexity index is 708. The number of aromatic nitrogens is 1. The summed E-state index contributed by atoms with van der Waals surface area (Å²) in [6.45, 7) is 5.35. The third-order valence-corrected chi connectivity index (χ3v) is 3.18. The number of aryl methyl sites for hydroxylation is 2. The highest BCUT2D eigenvalue weighted by atomic mass is 16.4. The molecule has 0 unspecified atom stereocenters. The van der Waals surface area contributed by atoms with Crippen LogP contribution in [0.2, 0.25) is 0 Å². The Labute approximate surface area is 123 Å². The lowest BCUT2D eigenvalue weighted by molar-refractivity contribution is 0.102. The minimum atomic E-state index is -0.238. The Hall–Kier alpha value is -2.69. The summed E-state index contributed by atoms with van der Waals surface area (Å²) in [6.07, 6.45) is 0. The number of nitrogens with zero attached hydrogens (tertiary/aromatic N) is 2. The summed E-state index contributed by atoms with van der Waals surface area (Å²) in [6, 6.07) is 10.7. The van der Waals surface area contributed by atoms with Crippen molar-refractivity contribution < 1.29 is 10.0 Å². The predicted octanol–water partition coefficient (Wildman–Crippen LogP) is 3.15. The van der Waals surface area contributed by atoms with Crippen LogP contribution in [0.5, 0.6) is 0 Å². The van der Waals surface area contributed by atoms with E-state index in [-0.39, 0.29) is 5.91 Å². The van der Waals surface area contributed by atoms with Crippen molar-refractivity contribution in [2.75, 3.05) is 5.32 Å². The third kappa shape index (κ3) is 3.25. The van der Waals surface area contributed by atoms with Gasteiger partial charge in [-0.3, -0.25) is 9.78 Å². The lowest BCUT2D eigenvalue weighted by atomic mass is 10.1. The van der Waals surface area contributed by atoms with E-state index >= 15 is 0 Å². The van der Waals surface area contributed by atoms with Crippen molar-refractivity contribution in [3.05, 3.63) is 58.9 Å². The number of anilines is 1. The molecule has 0 bridgehead atoms. The molecule has 1 amide bonds. The number of carbonyl (C=O) groups is 1. The van der Waals surface area contributed by atoms with Crippen molar-refractivity contribution in [2.24, 2.45) is 5.16 Å². The highest BCUT2D eigenvalue weighted by molar-refractivity contribution is 6.10. The van der Waals surface area contributed by atoms with Gasteiger partial charge in [0.1, 0.15) is 0 Å². The van der Waals surface area contributed by atoms with Gasteiger partial charge in [-0.15, -0.1) is 0 Å². The second kappa shape index (κ2) is 6.17. The fraction of sp³-hybridized carbons (Fsp3) is 0.188. The van der Waals surface area contributed by atoms with Gasteiger partial charge in [0, 0.05) is 11.3 Å². The van der Waals surface area contributed by atoms with Crippen LogP contribution in [0.15, 0.2) is 41.6 Å². The van der Waals surface area contributed by atoms with Crippen LogP contribution in [0.4, 0.5) is 5.69 Å². The minimum absolute atomic E-state index is 0.238. The third-order valence-electron chi connectivity index (χ3n) is 3.18. The molecule has 108 valence electrons. The predicted molar refractivity (Wildman–Crippen MR) is 82.1 cm³/mol. The zero-order valence-electron chi connectivity index (χ0n) is 12.2. The molecular formula is C16H17N3O2. The Morgan fingerprint density at radius 3 is 2.52 bits per heavy atom. The first-order valence-electron chi connectivity index (χ1n) is 6.56. The van der Waals surface area contributed by atoms with Crippen molar-refractivity contribution in [1.82, 2.24) is 4.98 Å². The maximum absolute atomic E-state index is 12.4. The van der Waals surface area contributed by atoms with Gasteiger partial charge in [-0.05, 0) is 39.0 Å². The highest BCUT2D eigenvalue weighted by Gasteiger charge is 2.13. The van der Waals surface area contributed by atoms with E-state index in [0.29, 0.717) is 28.2 Å². The van der Waals surface area contributed by atoms with E-state index in [1.54, 1.807) is 38.1 Å². The molecule has 0 radical (unpaired) electrons. The molecule has 2 aromatic rings. The summed E-state index contributed by atoms with van der Waals surface area (Å²) in [5.74, 6) is -0.238. The topological polar surface area (TPSA) is 74.6 Å². The molecule has 0 saturated heterocycles. The zero-order valence-corrected chi connectivity index (χ0v) is 12.2. The van der Waals surface area contributed by atoms with Gasteiger partial charge >= 0.3 is 0 Å². The smallest absolute Gasteiger partial charge is 0.257 e. The number of hydrogen-bond acceptors (Lipinski definition) is 4. The van der Waals surface area contributed by atoms with E-state index in [2.05, 4.69) is 15.5 Å². The van der Waals surface area contributed by atoms with E-state index < -0.39 is 0 Å². The normalized spacial score (nSPS) is 11.3. The van der Waals surface area contributed by atoms with Gasteiger partial charge in [0.05, 0.1) is 22.7 Å². The largest absolute Gasteiger partial charge is 0.411 e. The molecule has 0 aliphatic carbocycles. The first kappa shape index (κ1) is 14.7. The number of rotatable bonds is 3. The first-order valence-corrected chi connectivity index (χ1v) is 6.56. The molecular weight excluding hydrogens is 266 g/mol. The lowest BCUT2D eigenvalue weighted by Crippen LogP contribution is -2.16. The number of oxime groups is 1. The van der Waals surface area contributed by atoms with Crippen LogP contribution in [0.3, 0.4) is 0 Å². The van der Waals surface area contributed by atoms with Gasteiger partial charge in [0.25, 0.3) is 5.91 Å². The number of pyridine rings is 1. The van der Waals surface area contributed by atoms with Gasteiger partial charge in [-0.1, -0.05) is 23.4 Å². The molecule has 1 aromatic heterocycles. The molecule has 0 fully saturated rings. The van der Waals surface area contributed by atoms with Crippen molar-refractivity contribution in [1.29, 1.82) is 0 Å².